The van der Waals surface area contributed by atoms with Gasteiger partial charge in [-0.15, -0.1) is 5.10 Å². The van der Waals surface area contributed by atoms with E-state index >= 15 is 0 Å². The monoisotopic (exact) mass is 354 g/mol. The highest BCUT2D eigenvalue weighted by molar-refractivity contribution is 6.29. The highest BCUT2D eigenvalue weighted by Gasteiger charge is 2.26. The summed E-state index contributed by atoms with van der Waals surface area (Å²) in [5.41, 5.74) is 8.62. The number of nitrogens with one attached hydrogen (secondary N) is 1. The van der Waals surface area contributed by atoms with Gasteiger partial charge in [-0.25, -0.2) is 19.5 Å². The van der Waals surface area contributed by atoms with Crippen LogP contribution in [0.2, 0.25) is 5.15 Å². The van der Waals surface area contributed by atoms with Crippen LogP contribution in [0.4, 0.5) is 5.95 Å². The van der Waals surface area contributed by atoms with E-state index in [4.69, 9.17) is 17.3 Å². The van der Waals surface area contributed by atoms with Crippen molar-refractivity contribution in [2.45, 2.75) is 24.9 Å². The molecule has 3 N–H and O–H groups in total. The van der Waals surface area contributed by atoms with E-state index in [1.54, 1.807) is 16.8 Å². The first kappa shape index (κ1) is 14.6. The number of anilines is 1. The lowest BCUT2D eigenvalue weighted by Crippen LogP contribution is -2.44. The minimum atomic E-state index is 0.289. The summed E-state index contributed by atoms with van der Waals surface area (Å²) >= 11 is 6.14. The van der Waals surface area contributed by atoms with Crippen molar-refractivity contribution in [3.63, 3.8) is 0 Å². The number of hydrogen-bond acceptors (Lipinski definition) is 6. The fraction of sp³-hybridized carbons (Fsp3) is 0.250. The highest BCUT2D eigenvalue weighted by Crippen LogP contribution is 2.26. The van der Waals surface area contributed by atoms with Crippen LogP contribution in [-0.2, 0) is 0 Å². The number of halogens is 1. The molecule has 0 amide bonds. The van der Waals surface area contributed by atoms with Gasteiger partial charge in [-0.3, -0.25) is 4.40 Å². The van der Waals surface area contributed by atoms with Gasteiger partial charge >= 0.3 is 0 Å². The van der Waals surface area contributed by atoms with E-state index in [0.717, 1.165) is 29.5 Å². The fourth-order valence-electron chi connectivity index (χ4n) is 3.16. The van der Waals surface area contributed by atoms with Crippen molar-refractivity contribution in [1.29, 1.82) is 0 Å². The van der Waals surface area contributed by atoms with Crippen molar-refractivity contribution >= 4 is 28.8 Å². The van der Waals surface area contributed by atoms with Crippen LogP contribution in [0.5, 0.6) is 0 Å². The molecule has 25 heavy (non-hydrogen) atoms. The second kappa shape index (κ2) is 5.40. The van der Waals surface area contributed by atoms with Crippen molar-refractivity contribution in [3.05, 3.63) is 42.2 Å². The first-order valence-corrected chi connectivity index (χ1v) is 8.40. The maximum absolute atomic E-state index is 6.14. The largest absolute Gasteiger partial charge is 0.350 e. The topological polar surface area (TPSA) is 98.4 Å². The summed E-state index contributed by atoms with van der Waals surface area (Å²) in [6, 6.07) is 2.63. The Morgan fingerprint density at radius 2 is 2.00 bits per heavy atom. The molecule has 1 saturated carbocycles. The predicted molar refractivity (Wildman–Crippen MR) is 94.6 cm³/mol. The molecule has 4 aromatic heterocycles. The predicted octanol–water partition coefficient (Wildman–Crippen LogP) is 1.99. The molecule has 126 valence electrons. The van der Waals surface area contributed by atoms with Gasteiger partial charge in [0.05, 0.1) is 17.9 Å². The van der Waals surface area contributed by atoms with E-state index in [0.29, 0.717) is 22.9 Å². The second-order valence-corrected chi connectivity index (χ2v) is 6.69. The molecule has 1 aliphatic rings. The van der Waals surface area contributed by atoms with Crippen LogP contribution in [0, 0.1) is 0 Å². The van der Waals surface area contributed by atoms with E-state index in [1.165, 1.54) is 0 Å². The molecule has 0 unspecified atom stereocenters. The van der Waals surface area contributed by atoms with Crippen molar-refractivity contribution < 1.29 is 0 Å². The number of aromatic nitrogens is 6. The lowest BCUT2D eigenvalue weighted by molar-refractivity contribution is 0.371. The zero-order valence-corrected chi connectivity index (χ0v) is 13.9. The van der Waals surface area contributed by atoms with Crippen LogP contribution in [0.15, 0.2) is 37.1 Å². The smallest absolute Gasteiger partial charge is 0.241 e. The van der Waals surface area contributed by atoms with Crippen LogP contribution in [0.25, 0.3) is 22.4 Å². The van der Waals surface area contributed by atoms with Gasteiger partial charge in [0.2, 0.25) is 11.7 Å². The fourth-order valence-corrected chi connectivity index (χ4v) is 3.33. The Bertz CT molecular complexity index is 1080. The SMILES string of the molecule is NC1CC(Nc2ncc3c(-c4cnc5ncc(Cl)n5c4)ccn3n2)C1. The molecule has 1 fully saturated rings. The average molecular weight is 355 g/mol. The molecule has 0 atom stereocenters. The molecule has 4 heterocycles. The normalized spacial score (nSPS) is 20.1. The summed E-state index contributed by atoms with van der Waals surface area (Å²) in [5.74, 6) is 1.18. The van der Waals surface area contributed by atoms with Gasteiger partial charge in [0.15, 0.2) is 0 Å². The van der Waals surface area contributed by atoms with E-state index in [1.807, 2.05) is 29.2 Å². The first-order chi connectivity index (χ1) is 12.2. The quantitative estimate of drug-likeness (QED) is 0.584. The van der Waals surface area contributed by atoms with Crippen molar-refractivity contribution in [3.8, 4) is 11.1 Å². The third-order valence-corrected chi connectivity index (χ3v) is 4.83. The van der Waals surface area contributed by atoms with Gasteiger partial charge in [-0.05, 0) is 18.9 Å². The molecule has 8 nitrogen and oxygen atoms in total. The summed E-state index contributed by atoms with van der Waals surface area (Å²) in [4.78, 5) is 12.9. The summed E-state index contributed by atoms with van der Waals surface area (Å²) in [6.45, 7) is 0. The minimum Gasteiger partial charge on any atom is -0.350 e. The number of hydrogen-bond donors (Lipinski definition) is 2. The van der Waals surface area contributed by atoms with E-state index in [-0.39, 0.29) is 6.04 Å². The molecule has 0 spiro atoms. The summed E-state index contributed by atoms with van der Waals surface area (Å²) in [5, 5.41) is 8.36. The third kappa shape index (κ3) is 2.41. The van der Waals surface area contributed by atoms with Crippen molar-refractivity contribution in [2.24, 2.45) is 5.73 Å². The molecular formula is C16H15ClN8. The number of nitrogens with zero attached hydrogens (tertiary/aromatic N) is 6. The van der Waals surface area contributed by atoms with E-state index in [2.05, 4.69) is 25.4 Å². The Hall–Kier alpha value is -2.71. The molecular weight excluding hydrogens is 340 g/mol. The highest BCUT2D eigenvalue weighted by atomic mass is 35.5. The summed E-state index contributed by atoms with van der Waals surface area (Å²) in [7, 11) is 0. The van der Waals surface area contributed by atoms with Gasteiger partial charge in [0.1, 0.15) is 5.15 Å². The molecule has 4 aromatic rings. The number of rotatable bonds is 3. The number of nitrogens with two attached hydrogens (primary N) is 1. The molecule has 0 bridgehead atoms. The Labute approximate surface area is 147 Å². The number of fused-ring (bicyclic) bond motifs is 2. The maximum atomic E-state index is 6.14. The van der Waals surface area contributed by atoms with Gasteiger partial charge in [0, 0.05) is 41.8 Å². The molecule has 0 radical (unpaired) electrons. The van der Waals surface area contributed by atoms with E-state index < -0.39 is 0 Å². The molecule has 9 heteroatoms. The summed E-state index contributed by atoms with van der Waals surface area (Å²) in [6.07, 6.45) is 10.9. The molecule has 1 aliphatic carbocycles. The molecule has 0 aromatic carbocycles. The Balaban J connectivity index is 1.51. The van der Waals surface area contributed by atoms with Gasteiger partial charge < -0.3 is 11.1 Å². The molecule has 0 aliphatic heterocycles. The van der Waals surface area contributed by atoms with Crippen molar-refractivity contribution in [2.75, 3.05) is 5.32 Å². The number of imidazole rings is 1. The standard InChI is InChI=1S/C16H15ClN8/c17-14-7-21-16-20-5-9(8-24(14)16)12-1-2-25-13(12)6-19-15(23-25)22-11-3-10(18)4-11/h1-2,5-8,10-11H,3-4,18H2,(H,22,23). The van der Waals surface area contributed by atoms with Crippen LogP contribution in [-0.4, -0.2) is 41.1 Å². The third-order valence-electron chi connectivity index (χ3n) is 4.55. The Morgan fingerprint density at radius 3 is 2.84 bits per heavy atom. The van der Waals surface area contributed by atoms with Crippen molar-refractivity contribution in [1.82, 2.24) is 29.0 Å². The zero-order valence-electron chi connectivity index (χ0n) is 13.2. The molecule has 5 rings (SSSR count). The minimum absolute atomic E-state index is 0.289. The van der Waals surface area contributed by atoms with Gasteiger partial charge in [-0.1, -0.05) is 11.6 Å². The van der Waals surface area contributed by atoms with Crippen LogP contribution in [0.3, 0.4) is 0 Å². The summed E-state index contributed by atoms with van der Waals surface area (Å²) < 4.78 is 3.56. The van der Waals surface area contributed by atoms with Crippen LogP contribution in [0.1, 0.15) is 12.8 Å². The van der Waals surface area contributed by atoms with Crippen LogP contribution >= 0.6 is 11.6 Å². The maximum Gasteiger partial charge on any atom is 0.241 e. The van der Waals surface area contributed by atoms with Crippen LogP contribution < -0.4 is 11.1 Å². The lowest BCUT2D eigenvalue weighted by atomic mass is 9.88. The zero-order chi connectivity index (χ0) is 17.0. The lowest BCUT2D eigenvalue weighted by Gasteiger charge is -2.32. The Morgan fingerprint density at radius 1 is 1.16 bits per heavy atom. The average Bonchev–Trinajstić information content (AvgIpc) is 3.17. The molecule has 0 saturated heterocycles. The van der Waals surface area contributed by atoms with Gasteiger partial charge in [0.25, 0.3) is 0 Å². The Kier molecular flexibility index (Phi) is 3.16. The second-order valence-electron chi connectivity index (χ2n) is 6.31. The first-order valence-electron chi connectivity index (χ1n) is 8.03. The van der Waals surface area contributed by atoms with Gasteiger partial charge in [-0.2, -0.15) is 0 Å². The van der Waals surface area contributed by atoms with E-state index in [9.17, 15) is 0 Å².